The van der Waals surface area contributed by atoms with Crippen LogP contribution in [0, 0.1) is 0 Å². The Morgan fingerprint density at radius 3 is 2.68 bits per heavy atom. The van der Waals surface area contributed by atoms with Gasteiger partial charge in [-0.1, -0.05) is 56.3 Å². The van der Waals surface area contributed by atoms with E-state index in [4.69, 9.17) is 0 Å². The normalized spacial score (nSPS) is 11.3. The van der Waals surface area contributed by atoms with Crippen LogP contribution in [-0.2, 0) is 6.54 Å². The third-order valence-electron chi connectivity index (χ3n) is 3.48. The second kappa shape index (κ2) is 4.88. The van der Waals surface area contributed by atoms with Crippen molar-refractivity contribution in [3.63, 3.8) is 0 Å². The van der Waals surface area contributed by atoms with Crippen molar-refractivity contribution in [3.8, 4) is 0 Å². The third kappa shape index (κ3) is 2.26. The Kier molecular flexibility index (Phi) is 3.08. The summed E-state index contributed by atoms with van der Waals surface area (Å²) in [7, 11) is 0. The molecule has 2 aromatic carbocycles. The van der Waals surface area contributed by atoms with Crippen LogP contribution in [-0.4, -0.2) is 9.55 Å². The summed E-state index contributed by atoms with van der Waals surface area (Å²) >= 11 is 0. The molecule has 96 valence electrons. The van der Waals surface area contributed by atoms with Gasteiger partial charge in [0.25, 0.3) is 0 Å². The van der Waals surface area contributed by atoms with E-state index in [1.54, 1.807) is 0 Å². The zero-order valence-electron chi connectivity index (χ0n) is 11.4. The lowest BCUT2D eigenvalue weighted by Gasteiger charge is -2.12. The molecule has 0 radical (unpaired) electrons. The molecule has 0 saturated heterocycles. The van der Waals surface area contributed by atoms with Gasteiger partial charge in [-0.3, -0.25) is 0 Å². The van der Waals surface area contributed by atoms with E-state index < -0.39 is 0 Å². The van der Waals surface area contributed by atoms with Gasteiger partial charge >= 0.3 is 0 Å². The summed E-state index contributed by atoms with van der Waals surface area (Å²) in [5.74, 6) is 1.60. The molecule has 3 aromatic rings. The Morgan fingerprint density at radius 2 is 1.84 bits per heavy atom. The van der Waals surface area contributed by atoms with Crippen LogP contribution in [0.4, 0.5) is 0 Å². The number of imidazole rings is 1. The average Bonchev–Trinajstić information content (AvgIpc) is 2.87. The SMILES string of the molecule is CC(C)c1nccn1Cc1cccc2ccccc12. The van der Waals surface area contributed by atoms with Gasteiger partial charge in [0.05, 0.1) is 0 Å². The van der Waals surface area contributed by atoms with E-state index in [9.17, 15) is 0 Å². The third-order valence-corrected chi connectivity index (χ3v) is 3.48. The Morgan fingerprint density at radius 1 is 1.05 bits per heavy atom. The predicted octanol–water partition coefficient (Wildman–Crippen LogP) is 4.21. The topological polar surface area (TPSA) is 17.8 Å². The molecule has 0 N–H and O–H groups in total. The van der Waals surface area contributed by atoms with Gasteiger partial charge in [0, 0.05) is 24.9 Å². The molecular formula is C17H18N2. The fraction of sp³-hybridized carbons (Fsp3) is 0.235. The summed E-state index contributed by atoms with van der Waals surface area (Å²) in [6, 6.07) is 15.0. The zero-order chi connectivity index (χ0) is 13.2. The molecule has 2 nitrogen and oxygen atoms in total. The highest BCUT2D eigenvalue weighted by molar-refractivity contribution is 5.85. The molecule has 0 aliphatic heterocycles. The molecule has 19 heavy (non-hydrogen) atoms. The van der Waals surface area contributed by atoms with Gasteiger partial charge < -0.3 is 4.57 Å². The highest BCUT2D eigenvalue weighted by Crippen LogP contribution is 2.21. The Hall–Kier alpha value is -2.09. The monoisotopic (exact) mass is 250 g/mol. The van der Waals surface area contributed by atoms with Crippen LogP contribution in [0.2, 0.25) is 0 Å². The highest BCUT2D eigenvalue weighted by atomic mass is 15.1. The fourth-order valence-electron chi connectivity index (χ4n) is 2.57. The van der Waals surface area contributed by atoms with Crippen molar-refractivity contribution in [2.24, 2.45) is 0 Å². The van der Waals surface area contributed by atoms with Gasteiger partial charge in [-0.05, 0) is 16.3 Å². The minimum atomic E-state index is 0.449. The molecule has 1 heterocycles. The minimum absolute atomic E-state index is 0.449. The van der Waals surface area contributed by atoms with E-state index in [1.165, 1.54) is 16.3 Å². The molecule has 0 amide bonds. The van der Waals surface area contributed by atoms with Crippen LogP contribution < -0.4 is 0 Å². The summed E-state index contributed by atoms with van der Waals surface area (Å²) in [6.45, 7) is 5.25. The Balaban J connectivity index is 2.04. The number of hydrogen-bond acceptors (Lipinski definition) is 1. The molecule has 0 unspecified atom stereocenters. The number of fused-ring (bicyclic) bond motifs is 1. The molecule has 0 aliphatic rings. The molecule has 0 saturated carbocycles. The Bertz CT molecular complexity index is 690. The number of hydrogen-bond donors (Lipinski definition) is 0. The number of nitrogens with zero attached hydrogens (tertiary/aromatic N) is 2. The minimum Gasteiger partial charge on any atom is -0.330 e. The summed E-state index contributed by atoms with van der Waals surface area (Å²) in [4.78, 5) is 4.45. The van der Waals surface area contributed by atoms with Crippen molar-refractivity contribution in [2.75, 3.05) is 0 Å². The van der Waals surface area contributed by atoms with E-state index in [-0.39, 0.29) is 0 Å². The van der Waals surface area contributed by atoms with Crippen molar-refractivity contribution < 1.29 is 0 Å². The van der Waals surface area contributed by atoms with Crippen molar-refractivity contribution >= 4 is 10.8 Å². The second-order valence-electron chi connectivity index (χ2n) is 5.21. The molecule has 0 atom stereocenters. The second-order valence-corrected chi connectivity index (χ2v) is 5.21. The summed E-state index contributed by atoms with van der Waals surface area (Å²) < 4.78 is 2.24. The molecule has 2 heteroatoms. The Labute approximate surface area is 113 Å². The fourth-order valence-corrected chi connectivity index (χ4v) is 2.57. The largest absolute Gasteiger partial charge is 0.330 e. The molecule has 0 bridgehead atoms. The van der Waals surface area contributed by atoms with E-state index in [2.05, 4.69) is 72.1 Å². The quantitative estimate of drug-likeness (QED) is 0.681. The molecule has 1 aromatic heterocycles. The van der Waals surface area contributed by atoms with E-state index >= 15 is 0 Å². The standard InChI is InChI=1S/C17H18N2/c1-13(2)17-18-10-11-19(17)12-15-8-5-7-14-6-3-4-9-16(14)15/h3-11,13H,12H2,1-2H3. The molecule has 0 aliphatic carbocycles. The van der Waals surface area contributed by atoms with Crippen LogP contribution in [0.25, 0.3) is 10.8 Å². The van der Waals surface area contributed by atoms with Crippen LogP contribution in [0.1, 0.15) is 31.2 Å². The smallest absolute Gasteiger partial charge is 0.111 e. The van der Waals surface area contributed by atoms with Gasteiger partial charge in [-0.15, -0.1) is 0 Å². The maximum atomic E-state index is 4.45. The van der Waals surface area contributed by atoms with Crippen LogP contribution in [0.15, 0.2) is 54.9 Å². The first-order chi connectivity index (χ1) is 9.25. The number of rotatable bonds is 3. The first-order valence-electron chi connectivity index (χ1n) is 6.73. The van der Waals surface area contributed by atoms with Crippen molar-refractivity contribution in [3.05, 3.63) is 66.2 Å². The first-order valence-corrected chi connectivity index (χ1v) is 6.73. The predicted molar refractivity (Wildman–Crippen MR) is 79.4 cm³/mol. The molecule has 3 rings (SSSR count). The lowest BCUT2D eigenvalue weighted by molar-refractivity contribution is 0.671. The summed E-state index contributed by atoms with van der Waals surface area (Å²) in [5, 5.41) is 2.62. The molecular weight excluding hydrogens is 232 g/mol. The van der Waals surface area contributed by atoms with Crippen molar-refractivity contribution in [1.82, 2.24) is 9.55 Å². The van der Waals surface area contributed by atoms with Gasteiger partial charge in [0.1, 0.15) is 5.82 Å². The van der Waals surface area contributed by atoms with E-state index in [0.717, 1.165) is 12.4 Å². The first kappa shape index (κ1) is 12.0. The maximum Gasteiger partial charge on any atom is 0.111 e. The zero-order valence-corrected chi connectivity index (χ0v) is 11.4. The molecule has 0 spiro atoms. The number of aromatic nitrogens is 2. The maximum absolute atomic E-state index is 4.45. The van der Waals surface area contributed by atoms with Crippen LogP contribution in [0.3, 0.4) is 0 Å². The molecule has 0 fully saturated rings. The number of benzene rings is 2. The van der Waals surface area contributed by atoms with E-state index in [0.29, 0.717) is 5.92 Å². The lowest BCUT2D eigenvalue weighted by Crippen LogP contribution is -2.06. The van der Waals surface area contributed by atoms with Gasteiger partial charge in [0.2, 0.25) is 0 Å². The summed E-state index contributed by atoms with van der Waals surface area (Å²) in [6.07, 6.45) is 3.96. The average molecular weight is 250 g/mol. The lowest BCUT2D eigenvalue weighted by atomic mass is 10.0. The van der Waals surface area contributed by atoms with Crippen molar-refractivity contribution in [1.29, 1.82) is 0 Å². The van der Waals surface area contributed by atoms with Gasteiger partial charge in [-0.2, -0.15) is 0 Å². The van der Waals surface area contributed by atoms with Crippen LogP contribution >= 0.6 is 0 Å². The summed E-state index contributed by atoms with van der Waals surface area (Å²) in [5.41, 5.74) is 1.35. The van der Waals surface area contributed by atoms with Gasteiger partial charge in [0.15, 0.2) is 0 Å². The van der Waals surface area contributed by atoms with Crippen LogP contribution in [0.5, 0.6) is 0 Å². The van der Waals surface area contributed by atoms with Crippen molar-refractivity contribution in [2.45, 2.75) is 26.3 Å². The highest BCUT2D eigenvalue weighted by Gasteiger charge is 2.08. The van der Waals surface area contributed by atoms with Gasteiger partial charge in [-0.25, -0.2) is 4.98 Å². The van der Waals surface area contributed by atoms with E-state index in [1.807, 2.05) is 6.20 Å².